The number of nitrogens with zero attached hydrogens (tertiary/aromatic N) is 4. The number of aryl methyl sites for hydroxylation is 1. The number of carbonyl (C=O) groups is 1. The minimum Gasteiger partial charge on any atom is -0.351 e. The molecule has 0 saturated heterocycles. The van der Waals surface area contributed by atoms with E-state index in [0.29, 0.717) is 31.7 Å². The molecule has 0 radical (unpaired) electrons. The Morgan fingerprint density at radius 2 is 2.29 bits per heavy atom. The SMILES string of the molecule is Cc1nc(C(=O)NCC[C@@H]2CN(S(C)(=O)=O)Cc3ccnn32)cs1. The minimum atomic E-state index is -3.26. The predicted molar refractivity (Wildman–Crippen MR) is 90.3 cm³/mol. The number of thiazole rings is 1. The van der Waals surface area contributed by atoms with E-state index in [0.717, 1.165) is 10.7 Å². The van der Waals surface area contributed by atoms with Crippen molar-refractivity contribution in [2.24, 2.45) is 0 Å². The Kier molecular flexibility index (Phi) is 4.70. The lowest BCUT2D eigenvalue weighted by Crippen LogP contribution is -2.41. The number of hydrogen-bond donors (Lipinski definition) is 1. The summed E-state index contributed by atoms with van der Waals surface area (Å²) in [5.74, 6) is -0.212. The first-order valence-corrected chi connectivity index (χ1v) is 10.3. The van der Waals surface area contributed by atoms with Crippen LogP contribution in [-0.4, -0.2) is 52.7 Å². The van der Waals surface area contributed by atoms with Crippen LogP contribution in [0, 0.1) is 6.92 Å². The van der Waals surface area contributed by atoms with E-state index in [9.17, 15) is 13.2 Å². The molecule has 1 N–H and O–H groups in total. The second-order valence-corrected chi connectivity index (χ2v) is 8.82. The van der Waals surface area contributed by atoms with Gasteiger partial charge < -0.3 is 5.32 Å². The number of fused-ring (bicyclic) bond motifs is 1. The van der Waals surface area contributed by atoms with Gasteiger partial charge in [-0.1, -0.05) is 0 Å². The molecule has 0 saturated carbocycles. The molecule has 1 amide bonds. The maximum atomic E-state index is 12.0. The average molecular weight is 369 g/mol. The summed E-state index contributed by atoms with van der Waals surface area (Å²) in [5.41, 5.74) is 1.27. The van der Waals surface area contributed by atoms with Gasteiger partial charge in [0.2, 0.25) is 10.0 Å². The topological polar surface area (TPSA) is 97.2 Å². The molecule has 1 aliphatic heterocycles. The van der Waals surface area contributed by atoms with E-state index in [1.165, 1.54) is 21.9 Å². The normalized spacial score (nSPS) is 18.3. The summed E-state index contributed by atoms with van der Waals surface area (Å²) < 4.78 is 27.0. The second-order valence-electron chi connectivity index (χ2n) is 5.77. The Labute approximate surface area is 144 Å². The van der Waals surface area contributed by atoms with E-state index in [2.05, 4.69) is 15.4 Å². The summed E-state index contributed by atoms with van der Waals surface area (Å²) in [7, 11) is -3.26. The Morgan fingerprint density at radius 1 is 1.50 bits per heavy atom. The van der Waals surface area contributed by atoms with Crippen molar-refractivity contribution in [2.45, 2.75) is 25.9 Å². The monoisotopic (exact) mass is 369 g/mol. The highest BCUT2D eigenvalue weighted by molar-refractivity contribution is 7.88. The number of hydrogen-bond acceptors (Lipinski definition) is 6. The molecule has 8 nitrogen and oxygen atoms in total. The van der Waals surface area contributed by atoms with Gasteiger partial charge in [0.05, 0.1) is 29.5 Å². The number of sulfonamides is 1. The Balaban J connectivity index is 1.63. The van der Waals surface area contributed by atoms with Crippen LogP contribution in [0.2, 0.25) is 0 Å². The quantitative estimate of drug-likeness (QED) is 0.840. The van der Waals surface area contributed by atoms with Gasteiger partial charge in [0.1, 0.15) is 5.69 Å². The first-order chi connectivity index (χ1) is 11.3. The van der Waals surface area contributed by atoms with Crippen LogP contribution >= 0.6 is 11.3 Å². The van der Waals surface area contributed by atoms with E-state index in [4.69, 9.17) is 0 Å². The van der Waals surface area contributed by atoms with Crippen LogP contribution < -0.4 is 5.32 Å². The lowest BCUT2D eigenvalue weighted by Gasteiger charge is -2.32. The molecule has 1 aliphatic rings. The number of rotatable bonds is 5. The zero-order valence-corrected chi connectivity index (χ0v) is 15.1. The lowest BCUT2D eigenvalue weighted by molar-refractivity contribution is 0.0945. The van der Waals surface area contributed by atoms with Crippen LogP contribution in [0.1, 0.15) is 33.7 Å². The van der Waals surface area contributed by atoms with Crippen LogP contribution in [0.3, 0.4) is 0 Å². The van der Waals surface area contributed by atoms with E-state index < -0.39 is 10.0 Å². The highest BCUT2D eigenvalue weighted by Gasteiger charge is 2.30. The van der Waals surface area contributed by atoms with Gasteiger partial charge in [-0.25, -0.2) is 13.4 Å². The van der Waals surface area contributed by atoms with Crippen LogP contribution in [0.25, 0.3) is 0 Å². The first kappa shape index (κ1) is 17.1. The molecule has 3 heterocycles. The second kappa shape index (κ2) is 6.61. The van der Waals surface area contributed by atoms with Crippen molar-refractivity contribution in [3.05, 3.63) is 34.0 Å². The molecular weight excluding hydrogens is 350 g/mol. The van der Waals surface area contributed by atoms with Gasteiger partial charge in [-0.05, 0) is 19.4 Å². The number of aromatic nitrogens is 3. The van der Waals surface area contributed by atoms with Crippen molar-refractivity contribution < 1.29 is 13.2 Å². The molecule has 0 unspecified atom stereocenters. The molecule has 0 aromatic carbocycles. The summed E-state index contributed by atoms with van der Waals surface area (Å²) in [6.45, 7) is 2.97. The smallest absolute Gasteiger partial charge is 0.270 e. The number of nitrogens with one attached hydrogen (secondary N) is 1. The molecule has 0 fully saturated rings. The first-order valence-electron chi connectivity index (χ1n) is 7.52. The summed E-state index contributed by atoms with van der Waals surface area (Å²) in [4.78, 5) is 16.2. The summed E-state index contributed by atoms with van der Waals surface area (Å²) in [6.07, 6.45) is 3.47. The zero-order chi connectivity index (χ0) is 17.3. The van der Waals surface area contributed by atoms with Crippen molar-refractivity contribution in [3.63, 3.8) is 0 Å². The third-order valence-electron chi connectivity index (χ3n) is 3.93. The van der Waals surface area contributed by atoms with Crippen molar-refractivity contribution in [1.29, 1.82) is 0 Å². The van der Waals surface area contributed by atoms with E-state index in [1.54, 1.807) is 11.6 Å². The van der Waals surface area contributed by atoms with Gasteiger partial charge in [-0.3, -0.25) is 9.48 Å². The molecule has 0 aliphatic carbocycles. The summed E-state index contributed by atoms with van der Waals surface area (Å²) >= 11 is 1.43. The van der Waals surface area contributed by atoms with Gasteiger partial charge in [-0.2, -0.15) is 9.40 Å². The molecule has 24 heavy (non-hydrogen) atoms. The van der Waals surface area contributed by atoms with Crippen LogP contribution in [0.15, 0.2) is 17.6 Å². The maximum Gasteiger partial charge on any atom is 0.270 e. The van der Waals surface area contributed by atoms with Crippen molar-refractivity contribution >= 4 is 27.3 Å². The van der Waals surface area contributed by atoms with E-state index >= 15 is 0 Å². The fourth-order valence-electron chi connectivity index (χ4n) is 2.73. The molecular formula is C14H19N5O3S2. The molecule has 0 bridgehead atoms. The zero-order valence-electron chi connectivity index (χ0n) is 13.5. The Hall–Kier alpha value is -1.78. The molecule has 3 rings (SSSR count). The molecule has 2 aromatic rings. The maximum absolute atomic E-state index is 12.0. The van der Waals surface area contributed by atoms with Gasteiger partial charge >= 0.3 is 0 Å². The molecule has 10 heteroatoms. The van der Waals surface area contributed by atoms with Crippen LogP contribution in [0.4, 0.5) is 0 Å². The van der Waals surface area contributed by atoms with E-state index in [1.807, 2.05) is 17.7 Å². The molecule has 0 spiro atoms. The lowest BCUT2D eigenvalue weighted by atomic mass is 10.1. The fourth-order valence-corrected chi connectivity index (χ4v) is 4.13. The molecule has 1 atom stereocenters. The average Bonchev–Trinajstić information content (AvgIpc) is 3.14. The third-order valence-corrected chi connectivity index (χ3v) is 5.92. The third kappa shape index (κ3) is 3.65. The standard InChI is InChI=1S/C14H19N5O3S2/c1-10-17-13(9-23-10)14(20)15-5-3-11-7-18(24(2,21)22)8-12-4-6-16-19(11)12/h4,6,9,11H,3,5,7-8H2,1-2H3,(H,15,20)/t11-/m1/s1. The number of amides is 1. The van der Waals surface area contributed by atoms with Gasteiger partial charge in [0, 0.05) is 24.7 Å². The van der Waals surface area contributed by atoms with Gasteiger partial charge in [0.15, 0.2) is 0 Å². The highest BCUT2D eigenvalue weighted by Crippen LogP contribution is 2.24. The van der Waals surface area contributed by atoms with E-state index in [-0.39, 0.29) is 11.9 Å². The largest absolute Gasteiger partial charge is 0.351 e. The molecule has 2 aromatic heterocycles. The van der Waals surface area contributed by atoms with Gasteiger partial charge in [0.25, 0.3) is 5.91 Å². The Bertz CT molecular complexity index is 842. The van der Waals surface area contributed by atoms with Crippen LogP contribution in [0.5, 0.6) is 0 Å². The van der Waals surface area contributed by atoms with Crippen molar-refractivity contribution in [2.75, 3.05) is 19.3 Å². The highest BCUT2D eigenvalue weighted by atomic mass is 32.2. The van der Waals surface area contributed by atoms with Gasteiger partial charge in [-0.15, -0.1) is 11.3 Å². The summed E-state index contributed by atoms with van der Waals surface area (Å²) in [6, 6.07) is 1.72. The fraction of sp³-hybridized carbons (Fsp3) is 0.500. The molecule has 130 valence electrons. The van der Waals surface area contributed by atoms with Crippen molar-refractivity contribution in [3.8, 4) is 0 Å². The predicted octanol–water partition coefficient (Wildman–Crippen LogP) is 0.784. The van der Waals surface area contributed by atoms with Crippen LogP contribution in [-0.2, 0) is 16.6 Å². The minimum absolute atomic E-state index is 0.101. The Morgan fingerprint density at radius 3 is 2.96 bits per heavy atom. The number of carbonyl (C=O) groups excluding carboxylic acids is 1. The summed E-state index contributed by atoms with van der Waals surface area (Å²) in [5, 5.41) is 9.69. The van der Waals surface area contributed by atoms with Crippen molar-refractivity contribution in [1.82, 2.24) is 24.4 Å².